The minimum atomic E-state index is -0.847. The molecule has 164 valence electrons. The van der Waals surface area contributed by atoms with E-state index in [2.05, 4.69) is 11.1 Å². The predicted molar refractivity (Wildman–Crippen MR) is 103 cm³/mol. The first-order valence-corrected chi connectivity index (χ1v) is 9.83. The molecule has 0 saturated heterocycles. The maximum atomic E-state index is 12.5. The zero-order valence-corrected chi connectivity index (χ0v) is 17.2. The van der Waals surface area contributed by atoms with Crippen LogP contribution in [0.5, 0.6) is 0 Å². The number of nitrogens with zero attached hydrogens (tertiary/aromatic N) is 1. The molecule has 0 aromatic rings. The highest BCUT2D eigenvalue weighted by atomic mass is 16.6. The van der Waals surface area contributed by atoms with E-state index >= 15 is 0 Å². The van der Waals surface area contributed by atoms with Gasteiger partial charge >= 0.3 is 18.0 Å². The van der Waals surface area contributed by atoms with E-state index in [1.165, 1.54) is 13.8 Å². The molecule has 0 fully saturated rings. The zero-order chi connectivity index (χ0) is 21.2. The number of ether oxygens (including phenoxy) is 3. The van der Waals surface area contributed by atoms with E-state index in [4.69, 9.17) is 19.9 Å². The molecule has 1 amide bonds. The lowest BCUT2D eigenvalue weighted by atomic mass is 10.2. The quantitative estimate of drug-likeness (QED) is 0.173. The minimum Gasteiger partial charge on any atom is -0.462 e. The number of carbonyl (C=O) groups excluding carboxylic acids is 3. The van der Waals surface area contributed by atoms with Gasteiger partial charge in [0.25, 0.3) is 0 Å². The summed E-state index contributed by atoms with van der Waals surface area (Å²) in [5, 5.41) is 3.30. The highest BCUT2D eigenvalue weighted by Gasteiger charge is 2.22. The van der Waals surface area contributed by atoms with Gasteiger partial charge in [-0.1, -0.05) is 0 Å². The second kappa shape index (κ2) is 17.2. The Kier molecular flexibility index (Phi) is 16.0. The van der Waals surface area contributed by atoms with E-state index in [-0.39, 0.29) is 13.2 Å². The molecule has 0 aliphatic heterocycles. The number of nitrogens with one attached hydrogen (secondary N) is 1. The van der Waals surface area contributed by atoms with Crippen LogP contribution >= 0.6 is 0 Å². The highest BCUT2D eigenvalue weighted by molar-refractivity contribution is 5.68. The largest absolute Gasteiger partial charge is 0.462 e. The molecule has 10 heteroatoms. The van der Waals surface area contributed by atoms with Crippen LogP contribution in [0.25, 0.3) is 0 Å². The van der Waals surface area contributed by atoms with Crippen LogP contribution in [-0.4, -0.2) is 81.5 Å². The topological polar surface area (TPSA) is 148 Å². The van der Waals surface area contributed by atoms with Crippen molar-refractivity contribution in [3.63, 3.8) is 0 Å². The first-order chi connectivity index (χ1) is 13.4. The fraction of sp³-hybridized carbons (Fsp3) is 0.833. The fourth-order valence-electron chi connectivity index (χ4n) is 2.26. The summed E-state index contributed by atoms with van der Waals surface area (Å²) in [5.74, 6) is -1.00. The summed E-state index contributed by atoms with van der Waals surface area (Å²) in [6, 6.07) is 0. The third-order valence-corrected chi connectivity index (χ3v) is 3.74. The summed E-state index contributed by atoms with van der Waals surface area (Å²) < 4.78 is 15.2. The SMILES string of the molecule is CC(=O)OCC(COC(C)=O)OC(=O)N(CCC[NH3+])CCCCNCCCN. The molecule has 0 rings (SSSR count). The predicted octanol–water partition coefficient (Wildman–Crippen LogP) is -0.730. The lowest BCUT2D eigenvalue weighted by Crippen LogP contribution is -2.51. The van der Waals surface area contributed by atoms with Gasteiger partial charge in [-0.15, -0.1) is 0 Å². The average molecular weight is 406 g/mol. The maximum absolute atomic E-state index is 12.5. The number of amides is 1. The molecule has 0 radical (unpaired) electrons. The van der Waals surface area contributed by atoms with Crippen LogP contribution in [0.15, 0.2) is 0 Å². The van der Waals surface area contributed by atoms with Crippen LogP contribution in [0.4, 0.5) is 4.79 Å². The van der Waals surface area contributed by atoms with E-state index < -0.39 is 24.1 Å². The molecule has 0 aromatic carbocycles. The molecule has 0 heterocycles. The summed E-state index contributed by atoms with van der Waals surface area (Å²) in [6.45, 7) is 6.37. The second-order valence-electron chi connectivity index (χ2n) is 6.40. The standard InChI is InChI=1S/C18H36N4O6/c1-15(23)26-13-17(14-27-16(2)24)28-18(25)22(12-6-8-20)11-4-3-9-21-10-5-7-19/h17,21H,3-14,19-20H2,1-2H3/p+1. The van der Waals surface area contributed by atoms with Crippen molar-refractivity contribution in [2.75, 3.05) is 52.5 Å². The summed E-state index contributed by atoms with van der Waals surface area (Å²) in [6.07, 6.45) is 2.06. The minimum absolute atomic E-state index is 0.164. The van der Waals surface area contributed by atoms with Gasteiger partial charge in [0.15, 0.2) is 6.10 Å². The lowest BCUT2D eigenvalue weighted by Gasteiger charge is -2.25. The smallest absolute Gasteiger partial charge is 0.410 e. The Morgan fingerprint density at radius 3 is 2.07 bits per heavy atom. The van der Waals surface area contributed by atoms with Crippen molar-refractivity contribution in [1.29, 1.82) is 0 Å². The van der Waals surface area contributed by atoms with Gasteiger partial charge in [-0.2, -0.15) is 0 Å². The van der Waals surface area contributed by atoms with Gasteiger partial charge in [-0.25, -0.2) is 4.79 Å². The van der Waals surface area contributed by atoms with Crippen LogP contribution < -0.4 is 16.8 Å². The molecule has 0 aliphatic rings. The Labute approximate surface area is 167 Å². The first kappa shape index (κ1) is 26.1. The van der Waals surface area contributed by atoms with Gasteiger partial charge in [-0.3, -0.25) is 9.59 Å². The van der Waals surface area contributed by atoms with Gasteiger partial charge in [0.1, 0.15) is 13.2 Å². The van der Waals surface area contributed by atoms with Crippen LogP contribution in [0.3, 0.4) is 0 Å². The van der Waals surface area contributed by atoms with Crippen molar-refractivity contribution >= 4 is 18.0 Å². The Morgan fingerprint density at radius 2 is 1.54 bits per heavy atom. The first-order valence-electron chi connectivity index (χ1n) is 9.83. The van der Waals surface area contributed by atoms with Crippen LogP contribution in [0, 0.1) is 0 Å². The molecule has 28 heavy (non-hydrogen) atoms. The number of rotatable bonds is 16. The van der Waals surface area contributed by atoms with Crippen LogP contribution in [0.1, 0.15) is 39.5 Å². The molecule has 0 spiro atoms. The molecule has 0 bridgehead atoms. The fourth-order valence-corrected chi connectivity index (χ4v) is 2.26. The summed E-state index contributed by atoms with van der Waals surface area (Å²) in [5.41, 5.74) is 9.25. The number of hydrogen-bond donors (Lipinski definition) is 3. The summed E-state index contributed by atoms with van der Waals surface area (Å²) >= 11 is 0. The molecule has 0 atom stereocenters. The van der Waals surface area contributed by atoms with Crippen LogP contribution in [-0.2, 0) is 23.8 Å². The van der Waals surface area contributed by atoms with E-state index in [9.17, 15) is 14.4 Å². The lowest BCUT2D eigenvalue weighted by molar-refractivity contribution is -0.368. The summed E-state index contributed by atoms with van der Waals surface area (Å²) in [4.78, 5) is 36.2. The van der Waals surface area contributed by atoms with Gasteiger partial charge < -0.3 is 35.9 Å². The van der Waals surface area contributed by atoms with Crippen molar-refractivity contribution < 1.29 is 34.3 Å². The molecular formula is C18H37N4O6+. The second-order valence-corrected chi connectivity index (χ2v) is 6.40. The van der Waals surface area contributed by atoms with E-state index in [0.29, 0.717) is 26.2 Å². The third kappa shape index (κ3) is 15.2. The van der Waals surface area contributed by atoms with Gasteiger partial charge in [0.05, 0.1) is 6.54 Å². The molecule has 0 saturated carbocycles. The van der Waals surface area contributed by atoms with Crippen molar-refractivity contribution in [1.82, 2.24) is 10.2 Å². The van der Waals surface area contributed by atoms with Gasteiger partial charge in [-0.05, 0) is 38.9 Å². The average Bonchev–Trinajstić information content (AvgIpc) is 2.65. The number of unbranched alkanes of at least 4 members (excludes halogenated alkanes) is 1. The number of hydrogen-bond acceptors (Lipinski definition) is 8. The Morgan fingerprint density at radius 1 is 0.964 bits per heavy atom. The van der Waals surface area contributed by atoms with Crippen LogP contribution in [0.2, 0.25) is 0 Å². The summed E-state index contributed by atoms with van der Waals surface area (Å²) in [7, 11) is 0. The number of quaternary nitrogens is 1. The maximum Gasteiger partial charge on any atom is 0.410 e. The third-order valence-electron chi connectivity index (χ3n) is 3.74. The van der Waals surface area contributed by atoms with Crippen molar-refractivity contribution in [2.24, 2.45) is 5.73 Å². The van der Waals surface area contributed by atoms with E-state index in [0.717, 1.165) is 38.8 Å². The molecule has 0 aromatic heterocycles. The molecule has 10 nitrogen and oxygen atoms in total. The zero-order valence-electron chi connectivity index (χ0n) is 17.2. The van der Waals surface area contributed by atoms with Gasteiger partial charge in [0.2, 0.25) is 0 Å². The van der Waals surface area contributed by atoms with Crippen molar-refractivity contribution in [3.8, 4) is 0 Å². The number of carbonyl (C=O) groups is 3. The van der Waals surface area contributed by atoms with Gasteiger partial charge in [0, 0.05) is 33.4 Å². The van der Waals surface area contributed by atoms with E-state index in [1.807, 2.05) is 0 Å². The number of esters is 2. The molecule has 0 aliphatic carbocycles. The molecule has 6 N–H and O–H groups in total. The van der Waals surface area contributed by atoms with Crippen molar-refractivity contribution in [2.45, 2.75) is 45.6 Å². The monoisotopic (exact) mass is 405 g/mol. The number of nitrogens with two attached hydrogens (primary N) is 1. The molecule has 0 unspecified atom stereocenters. The van der Waals surface area contributed by atoms with Crippen molar-refractivity contribution in [3.05, 3.63) is 0 Å². The Bertz CT molecular complexity index is 432. The normalized spacial score (nSPS) is 10.6. The Balaban J connectivity index is 4.52. The Hall–Kier alpha value is -1.91. The van der Waals surface area contributed by atoms with E-state index in [1.54, 1.807) is 4.90 Å². The molecular weight excluding hydrogens is 368 g/mol. The highest BCUT2D eigenvalue weighted by Crippen LogP contribution is 2.05.